The van der Waals surface area contributed by atoms with Crippen LogP contribution in [0.1, 0.15) is 90.3 Å². The van der Waals surface area contributed by atoms with Crippen molar-refractivity contribution in [1.29, 1.82) is 0 Å². The maximum Gasteiger partial charge on any atom is 0.407 e. The first-order valence-corrected chi connectivity index (χ1v) is 31.1. The summed E-state index contributed by atoms with van der Waals surface area (Å²) >= 11 is 0. The molecule has 2 fully saturated rings. The molecule has 2 aliphatic rings. The predicted octanol–water partition coefficient (Wildman–Crippen LogP) is 0.306. The van der Waals surface area contributed by atoms with E-state index in [0.29, 0.717) is 28.2 Å². The number of amides is 6. The molecule has 2 heterocycles. The Morgan fingerprint density at radius 3 is 1.39 bits per heavy atom. The van der Waals surface area contributed by atoms with Crippen LogP contribution in [0.25, 0.3) is 0 Å². The molecule has 5 rings (SSSR count). The Balaban J connectivity index is 1.26. The molecule has 2 saturated heterocycles. The van der Waals surface area contributed by atoms with Gasteiger partial charge in [0, 0.05) is 74.0 Å². The minimum Gasteiger partial charge on any atom is -0.497 e. The van der Waals surface area contributed by atoms with E-state index in [1.807, 2.05) is 54.6 Å². The summed E-state index contributed by atoms with van der Waals surface area (Å²) in [6.45, 7) is 2.29. The molecule has 0 unspecified atom stereocenters. The second-order valence-corrected chi connectivity index (χ2v) is 22.5. The van der Waals surface area contributed by atoms with Crippen LogP contribution in [0.3, 0.4) is 0 Å². The number of unbranched alkanes of at least 4 members (excludes halogenated alkanes) is 1. The topological polar surface area (TPSA) is 454 Å². The van der Waals surface area contributed by atoms with Crippen molar-refractivity contribution >= 4 is 71.4 Å². The summed E-state index contributed by atoms with van der Waals surface area (Å²) in [6.07, 6.45) is -14.9. The highest BCUT2D eigenvalue weighted by Gasteiger charge is 2.53. The molecule has 0 saturated carbocycles. The lowest BCUT2D eigenvalue weighted by Crippen LogP contribution is -2.60. The lowest BCUT2D eigenvalue weighted by atomic mass is 9.80. The summed E-state index contributed by atoms with van der Waals surface area (Å²) < 4.78 is 78.4. The molecule has 12 atom stereocenters. The van der Waals surface area contributed by atoms with E-state index in [4.69, 9.17) is 77.8 Å². The van der Waals surface area contributed by atoms with Crippen LogP contribution < -0.4 is 42.2 Å². The van der Waals surface area contributed by atoms with E-state index in [9.17, 15) is 62.6 Å². The largest absolute Gasteiger partial charge is 0.497 e. The molecular weight excluding hydrogens is 1300 g/mol. The van der Waals surface area contributed by atoms with Gasteiger partial charge in [-0.15, -0.1) is 0 Å². The summed E-state index contributed by atoms with van der Waals surface area (Å²) in [5.41, 5.74) is 11.9. The number of aliphatic hydroxyl groups excluding tert-OH is 1. The van der Waals surface area contributed by atoms with Crippen LogP contribution in [0.15, 0.2) is 78.9 Å². The summed E-state index contributed by atoms with van der Waals surface area (Å²) in [5.74, 6) is -10.6. The Bertz CT molecular complexity index is 3130. The summed E-state index contributed by atoms with van der Waals surface area (Å²) in [6, 6.07) is 22.4. The van der Waals surface area contributed by atoms with Crippen molar-refractivity contribution in [2.45, 2.75) is 141 Å². The number of alkyl carbamates (subject to hydrolysis) is 1. The normalized spacial score (nSPS) is 21.0. The maximum atomic E-state index is 14.0. The van der Waals surface area contributed by atoms with Gasteiger partial charge in [-0.2, -0.15) is 0 Å². The Labute approximate surface area is 564 Å². The third kappa shape index (κ3) is 25.1. The standard InChI is InChI=1S/C65H86N6O27/c1-36(72)87-32-51-59(95-40(5)76)57(93-38(3)74)48(28-53(66)79)62(97-51)89-34-55(81)68-25-13-12-16-50(71-56(82)35-90-63-49(29-54(67)80)58(94-39(4)75)60(96-41(6)77)52(98-63)33-88-37(2)73)61(83)69-26-27-70-64(84)91-30-45(78)31-92-65(42-14-10-9-11-15-42,43-17-21-46(85-7)22-18-43)44-19-23-47(86-8)24-20-44/h9-11,14-15,17-24,45,48-52,57-60,62-63,78H,12-13,16,25-35H2,1-8H3,(H2,66,79)(H2,67,80)(H,68,81)(H,69,83)(H,70,84)(H,71,82)/t45-,48+,49+,50-,51+,52+,57+,58+,59-,60-,62+,63+/m0/s1. The summed E-state index contributed by atoms with van der Waals surface area (Å²) in [4.78, 5) is 152. The molecule has 0 bridgehead atoms. The van der Waals surface area contributed by atoms with Gasteiger partial charge in [0.05, 0.1) is 32.7 Å². The van der Waals surface area contributed by atoms with Gasteiger partial charge in [0.25, 0.3) is 0 Å². The molecule has 538 valence electrons. The molecule has 6 amide bonds. The fourth-order valence-electron chi connectivity index (χ4n) is 10.8. The highest BCUT2D eigenvalue weighted by molar-refractivity contribution is 5.88. The predicted molar refractivity (Wildman–Crippen MR) is 335 cm³/mol. The zero-order chi connectivity index (χ0) is 72.1. The van der Waals surface area contributed by atoms with Crippen molar-refractivity contribution in [3.05, 3.63) is 95.6 Å². The van der Waals surface area contributed by atoms with Gasteiger partial charge >= 0.3 is 41.9 Å². The van der Waals surface area contributed by atoms with E-state index < -0.39 is 196 Å². The number of hydrogen-bond acceptors (Lipinski definition) is 27. The van der Waals surface area contributed by atoms with Gasteiger partial charge < -0.3 is 104 Å². The number of carbonyl (C=O) groups is 12. The van der Waals surface area contributed by atoms with Crippen molar-refractivity contribution < 1.29 is 129 Å². The molecule has 9 N–H and O–H groups in total. The van der Waals surface area contributed by atoms with E-state index >= 15 is 0 Å². The molecule has 3 aromatic rings. The molecule has 0 aliphatic carbocycles. The van der Waals surface area contributed by atoms with E-state index in [-0.39, 0.29) is 45.5 Å². The maximum absolute atomic E-state index is 14.0. The van der Waals surface area contributed by atoms with E-state index in [2.05, 4.69) is 21.3 Å². The number of primary amides is 2. The first-order chi connectivity index (χ1) is 46.6. The SMILES string of the molecule is COc1ccc(C(OC[C@@H](O)COC(=O)NCCNC(=O)[C@H](CCCCNC(=O)CO[C@@H]2O[C@H](COC(C)=O)[C@H](OC(C)=O)[C@H](OC(C)=O)[C@H]2CC(N)=O)NC(=O)CO[C@@H]2O[C@H](COC(C)=O)[C@H](OC(C)=O)[C@H](OC(C)=O)[C@H]2CC(N)=O)(c2ccccc2)c2ccc(OC)cc2)cc1. The number of carbonyl (C=O) groups excluding carboxylic acids is 12. The number of rotatable bonds is 38. The second-order valence-electron chi connectivity index (χ2n) is 22.5. The van der Waals surface area contributed by atoms with Crippen LogP contribution in [-0.4, -0.2) is 211 Å². The smallest absolute Gasteiger partial charge is 0.407 e. The molecule has 3 aromatic carbocycles. The lowest BCUT2D eigenvalue weighted by Gasteiger charge is -2.44. The highest BCUT2D eigenvalue weighted by Crippen LogP contribution is 2.42. The molecule has 2 aliphatic heterocycles. The first-order valence-electron chi connectivity index (χ1n) is 31.1. The van der Waals surface area contributed by atoms with Crippen LogP contribution in [-0.2, 0) is 115 Å². The Morgan fingerprint density at radius 1 is 0.510 bits per heavy atom. The first kappa shape index (κ1) is 79.2. The van der Waals surface area contributed by atoms with Gasteiger partial charge in [0.2, 0.25) is 29.5 Å². The van der Waals surface area contributed by atoms with E-state index in [0.717, 1.165) is 41.5 Å². The fraction of sp³-hybridized carbons (Fsp3) is 0.538. The highest BCUT2D eigenvalue weighted by atomic mass is 16.7. The molecule has 0 spiro atoms. The average Bonchev–Trinajstić information content (AvgIpc) is 0.764. The van der Waals surface area contributed by atoms with Crippen LogP contribution in [0, 0.1) is 11.8 Å². The summed E-state index contributed by atoms with van der Waals surface area (Å²) in [5, 5.41) is 21.5. The van der Waals surface area contributed by atoms with Gasteiger partial charge in [-0.05, 0) is 60.2 Å². The van der Waals surface area contributed by atoms with Crippen LogP contribution >= 0.6 is 0 Å². The Kier molecular flexibility index (Phi) is 32.0. The van der Waals surface area contributed by atoms with Crippen LogP contribution in [0.4, 0.5) is 4.79 Å². The minimum absolute atomic E-state index is 0.0534. The van der Waals surface area contributed by atoms with Gasteiger partial charge in [-0.1, -0.05) is 54.6 Å². The monoisotopic (exact) mass is 1380 g/mol. The number of nitrogens with two attached hydrogens (primary N) is 2. The van der Waals surface area contributed by atoms with Crippen molar-refractivity contribution in [3.63, 3.8) is 0 Å². The number of esters is 6. The van der Waals surface area contributed by atoms with Crippen molar-refractivity contribution in [2.75, 3.05) is 73.5 Å². The van der Waals surface area contributed by atoms with Gasteiger partial charge in [-0.25, -0.2) is 4.79 Å². The number of hydrogen-bond donors (Lipinski definition) is 7. The number of aliphatic hydroxyl groups is 1. The lowest BCUT2D eigenvalue weighted by molar-refractivity contribution is -0.290. The van der Waals surface area contributed by atoms with Gasteiger partial charge in [-0.3, -0.25) is 52.7 Å². The molecule has 33 heteroatoms. The zero-order valence-electron chi connectivity index (χ0n) is 55.5. The Morgan fingerprint density at radius 2 is 0.949 bits per heavy atom. The average molecular weight is 1380 g/mol. The molecular formula is C65H86N6O27. The van der Waals surface area contributed by atoms with Crippen LogP contribution in [0.2, 0.25) is 0 Å². The second kappa shape index (κ2) is 39.6. The third-order valence-corrected chi connectivity index (χ3v) is 14.9. The van der Waals surface area contributed by atoms with Crippen molar-refractivity contribution in [3.8, 4) is 11.5 Å². The molecule has 0 aromatic heterocycles. The van der Waals surface area contributed by atoms with E-state index in [1.54, 1.807) is 38.5 Å². The quantitative estimate of drug-likeness (QED) is 0.0176. The number of nitrogens with one attached hydrogen (secondary N) is 4. The number of ether oxygens (including phenoxy) is 14. The van der Waals surface area contributed by atoms with Gasteiger partial charge in [0.1, 0.15) is 86.7 Å². The zero-order valence-corrected chi connectivity index (χ0v) is 55.5. The number of methoxy groups -OCH3 is 2. The minimum atomic E-state index is -1.63. The fourth-order valence-corrected chi connectivity index (χ4v) is 10.8. The molecule has 33 nitrogen and oxygen atoms in total. The summed E-state index contributed by atoms with van der Waals surface area (Å²) in [7, 11) is 3.08. The molecule has 98 heavy (non-hydrogen) atoms. The van der Waals surface area contributed by atoms with Gasteiger partial charge in [0.15, 0.2) is 24.8 Å². The van der Waals surface area contributed by atoms with Crippen molar-refractivity contribution in [2.24, 2.45) is 23.3 Å². The molecule has 0 radical (unpaired) electrons. The van der Waals surface area contributed by atoms with Crippen LogP contribution in [0.5, 0.6) is 11.5 Å². The number of benzene rings is 3. The third-order valence-electron chi connectivity index (χ3n) is 14.9. The van der Waals surface area contributed by atoms with Crippen molar-refractivity contribution in [1.82, 2.24) is 21.3 Å². The van der Waals surface area contributed by atoms with E-state index in [1.165, 1.54) is 0 Å². The Hall–Kier alpha value is -9.54.